The van der Waals surface area contributed by atoms with E-state index < -0.39 is 47.5 Å². The van der Waals surface area contributed by atoms with Crippen molar-refractivity contribution >= 4 is 29.5 Å². The number of ether oxygens (including phenoxy) is 2. The van der Waals surface area contributed by atoms with Crippen molar-refractivity contribution in [2.24, 2.45) is 11.7 Å². The third kappa shape index (κ3) is 11.1. The van der Waals surface area contributed by atoms with Gasteiger partial charge >= 0.3 is 6.09 Å². The molecule has 0 saturated heterocycles. The second-order valence-electron chi connectivity index (χ2n) is 11.9. The number of para-hydroxylation sites is 1. The summed E-state index contributed by atoms with van der Waals surface area (Å²) in [4.78, 5) is 54.4. The zero-order chi connectivity index (χ0) is 32.3. The SMILES string of the molecule is COc1ccc(NC(=O)C(c2ccccc2O)N(C(=O)C(CCC(N)=O)NC(=O)OC(C)(C)C)C(C)CCC(C)C)cc1. The minimum absolute atomic E-state index is 0.117. The molecule has 0 aliphatic heterocycles. The van der Waals surface area contributed by atoms with E-state index in [-0.39, 0.29) is 24.2 Å². The van der Waals surface area contributed by atoms with Crippen molar-refractivity contribution in [1.82, 2.24) is 10.2 Å². The molecule has 11 heteroatoms. The molecule has 0 aromatic heterocycles. The number of aromatic hydroxyl groups is 1. The molecule has 3 atom stereocenters. The fraction of sp³-hybridized carbons (Fsp3) is 0.500. The zero-order valence-corrected chi connectivity index (χ0v) is 26.2. The van der Waals surface area contributed by atoms with Gasteiger partial charge in [-0.1, -0.05) is 32.0 Å². The number of amides is 4. The summed E-state index contributed by atoms with van der Waals surface area (Å²) in [5, 5.41) is 16.3. The van der Waals surface area contributed by atoms with E-state index in [2.05, 4.69) is 24.5 Å². The van der Waals surface area contributed by atoms with Crippen molar-refractivity contribution in [3.8, 4) is 11.5 Å². The number of rotatable bonds is 14. The predicted octanol–water partition coefficient (Wildman–Crippen LogP) is 4.89. The molecule has 4 amide bonds. The highest BCUT2D eigenvalue weighted by Gasteiger charge is 2.40. The lowest BCUT2D eigenvalue weighted by Crippen LogP contribution is -2.55. The second-order valence-corrected chi connectivity index (χ2v) is 11.9. The summed E-state index contributed by atoms with van der Waals surface area (Å²) in [5.74, 6) is -1.14. The first-order valence-corrected chi connectivity index (χ1v) is 14.5. The lowest BCUT2D eigenvalue weighted by molar-refractivity contribution is -0.143. The van der Waals surface area contributed by atoms with Crippen LogP contribution >= 0.6 is 0 Å². The van der Waals surface area contributed by atoms with E-state index in [1.807, 2.05) is 6.92 Å². The van der Waals surface area contributed by atoms with Gasteiger partial charge in [0.2, 0.25) is 11.8 Å². The third-order valence-electron chi connectivity index (χ3n) is 6.68. The predicted molar refractivity (Wildman–Crippen MR) is 164 cm³/mol. The summed E-state index contributed by atoms with van der Waals surface area (Å²) >= 11 is 0. The molecule has 2 aromatic carbocycles. The monoisotopic (exact) mass is 598 g/mol. The van der Waals surface area contributed by atoms with Crippen LogP contribution in [0, 0.1) is 5.92 Å². The zero-order valence-electron chi connectivity index (χ0n) is 26.2. The topological polar surface area (TPSA) is 160 Å². The maximum absolute atomic E-state index is 14.4. The molecule has 0 bridgehead atoms. The van der Waals surface area contributed by atoms with E-state index >= 15 is 0 Å². The van der Waals surface area contributed by atoms with Crippen molar-refractivity contribution < 1.29 is 33.8 Å². The Morgan fingerprint density at radius 2 is 1.58 bits per heavy atom. The Kier molecular flexibility index (Phi) is 12.8. The Morgan fingerprint density at radius 3 is 2.12 bits per heavy atom. The number of hydrogen-bond donors (Lipinski definition) is 4. The number of nitrogens with one attached hydrogen (secondary N) is 2. The Labute approximate surface area is 254 Å². The molecule has 2 rings (SSSR count). The van der Waals surface area contributed by atoms with Crippen LogP contribution in [0.2, 0.25) is 0 Å². The molecule has 3 unspecified atom stereocenters. The van der Waals surface area contributed by atoms with Gasteiger partial charge in [0.05, 0.1) is 7.11 Å². The number of anilines is 1. The molecule has 43 heavy (non-hydrogen) atoms. The molecule has 0 fully saturated rings. The van der Waals surface area contributed by atoms with Crippen LogP contribution in [0.5, 0.6) is 11.5 Å². The highest BCUT2D eigenvalue weighted by Crippen LogP contribution is 2.34. The number of phenols is 1. The van der Waals surface area contributed by atoms with Gasteiger partial charge in [-0.25, -0.2) is 4.79 Å². The van der Waals surface area contributed by atoms with Crippen LogP contribution in [0.3, 0.4) is 0 Å². The van der Waals surface area contributed by atoms with E-state index in [1.165, 1.54) is 18.1 Å². The second kappa shape index (κ2) is 15.8. The van der Waals surface area contributed by atoms with Crippen molar-refractivity contribution in [3.63, 3.8) is 0 Å². The van der Waals surface area contributed by atoms with Crippen LogP contribution in [0.15, 0.2) is 48.5 Å². The molecule has 11 nitrogen and oxygen atoms in total. The lowest BCUT2D eigenvalue weighted by atomic mass is 9.96. The maximum Gasteiger partial charge on any atom is 0.408 e. The number of carbonyl (C=O) groups excluding carboxylic acids is 4. The molecule has 0 aliphatic rings. The first-order valence-electron chi connectivity index (χ1n) is 14.5. The fourth-order valence-corrected chi connectivity index (χ4v) is 4.51. The molecule has 236 valence electrons. The Balaban J connectivity index is 2.64. The van der Waals surface area contributed by atoms with E-state index in [1.54, 1.807) is 63.2 Å². The van der Waals surface area contributed by atoms with E-state index in [0.29, 0.717) is 23.8 Å². The number of methoxy groups -OCH3 is 1. The minimum atomic E-state index is -1.30. The van der Waals surface area contributed by atoms with Crippen molar-refractivity contribution in [2.75, 3.05) is 12.4 Å². The molecule has 5 N–H and O–H groups in total. The van der Waals surface area contributed by atoms with Crippen LogP contribution in [-0.2, 0) is 19.1 Å². The normalized spacial score (nSPS) is 13.4. The largest absolute Gasteiger partial charge is 0.508 e. The average molecular weight is 599 g/mol. The van der Waals surface area contributed by atoms with Crippen LogP contribution in [-0.4, -0.2) is 58.6 Å². The Hall–Kier alpha value is -4.28. The van der Waals surface area contributed by atoms with Crippen LogP contribution in [0.4, 0.5) is 10.5 Å². The van der Waals surface area contributed by atoms with E-state index in [9.17, 15) is 24.3 Å². The smallest absolute Gasteiger partial charge is 0.408 e. The molecule has 2 aromatic rings. The molecule has 0 heterocycles. The quantitative estimate of drug-likeness (QED) is 0.241. The average Bonchev–Trinajstić information content (AvgIpc) is 2.92. The van der Waals surface area contributed by atoms with Crippen molar-refractivity contribution in [2.45, 2.75) is 91.0 Å². The van der Waals surface area contributed by atoms with Gasteiger partial charge in [0.1, 0.15) is 29.2 Å². The summed E-state index contributed by atoms with van der Waals surface area (Å²) in [6.07, 6.45) is 0.100. The first-order chi connectivity index (χ1) is 20.1. The number of primary amides is 1. The number of carbonyl (C=O) groups is 4. The molecule has 0 aliphatic carbocycles. The number of alkyl carbamates (subject to hydrolysis) is 1. The van der Waals surface area contributed by atoms with Crippen LogP contribution in [0.1, 0.15) is 78.8 Å². The third-order valence-corrected chi connectivity index (χ3v) is 6.68. The van der Waals surface area contributed by atoms with Gasteiger partial charge in [-0.15, -0.1) is 0 Å². The first kappa shape index (κ1) is 34.9. The van der Waals surface area contributed by atoms with E-state index in [4.69, 9.17) is 15.2 Å². The molecule has 0 spiro atoms. The number of phenolic OH excluding ortho intramolecular Hbond substituents is 1. The summed E-state index contributed by atoms with van der Waals surface area (Å²) in [5.41, 5.74) is 5.20. The van der Waals surface area contributed by atoms with Gasteiger partial charge in [0, 0.05) is 23.7 Å². The van der Waals surface area contributed by atoms with Gasteiger partial charge in [0.15, 0.2) is 0 Å². The summed E-state index contributed by atoms with van der Waals surface area (Å²) in [7, 11) is 1.53. The number of nitrogens with zero attached hydrogens (tertiary/aromatic N) is 1. The Bertz CT molecular complexity index is 1240. The fourth-order valence-electron chi connectivity index (χ4n) is 4.51. The van der Waals surface area contributed by atoms with Crippen LogP contribution < -0.4 is 21.1 Å². The molecule has 0 saturated carbocycles. The number of nitrogens with two attached hydrogens (primary N) is 1. The minimum Gasteiger partial charge on any atom is -0.508 e. The molecular weight excluding hydrogens is 552 g/mol. The molecule has 0 radical (unpaired) electrons. The summed E-state index contributed by atoms with van der Waals surface area (Å²) in [6.45, 7) is 11.0. The standard InChI is InChI=1S/C32H46N4O7/c1-20(2)12-13-21(3)36(30(40)25(18-19-27(33)38)35-31(41)43-32(4,5)6)28(24-10-8-9-11-26(24)37)29(39)34-22-14-16-23(42-7)17-15-22/h8-11,14-17,20-21,25,28,37H,12-13,18-19H2,1-7H3,(H2,33,38)(H,34,39)(H,35,41). The van der Waals surface area contributed by atoms with Gasteiger partial charge in [-0.3, -0.25) is 14.4 Å². The lowest BCUT2D eigenvalue weighted by Gasteiger charge is -2.39. The van der Waals surface area contributed by atoms with E-state index in [0.717, 1.165) is 6.42 Å². The highest BCUT2D eigenvalue weighted by molar-refractivity contribution is 5.99. The maximum atomic E-state index is 14.4. The summed E-state index contributed by atoms with van der Waals surface area (Å²) in [6, 6.07) is 9.92. The van der Waals surface area contributed by atoms with Crippen molar-refractivity contribution in [1.29, 1.82) is 0 Å². The number of hydrogen-bond acceptors (Lipinski definition) is 7. The van der Waals surface area contributed by atoms with Gasteiger partial charge in [-0.2, -0.15) is 0 Å². The van der Waals surface area contributed by atoms with Crippen molar-refractivity contribution in [3.05, 3.63) is 54.1 Å². The molecular formula is C32H46N4O7. The van der Waals surface area contributed by atoms with Gasteiger partial charge in [0.25, 0.3) is 5.91 Å². The Morgan fingerprint density at radius 1 is 0.953 bits per heavy atom. The van der Waals surface area contributed by atoms with Gasteiger partial charge < -0.3 is 35.8 Å². The number of benzene rings is 2. The van der Waals surface area contributed by atoms with Crippen LogP contribution in [0.25, 0.3) is 0 Å². The van der Waals surface area contributed by atoms with Gasteiger partial charge in [-0.05, 0) is 83.2 Å². The highest BCUT2D eigenvalue weighted by atomic mass is 16.6. The summed E-state index contributed by atoms with van der Waals surface area (Å²) < 4.78 is 10.6.